The normalized spacial score (nSPS) is 25.6. The van der Waals surface area contributed by atoms with E-state index in [2.05, 4.69) is 22.2 Å². The van der Waals surface area contributed by atoms with Gasteiger partial charge in [-0.15, -0.1) is 0 Å². The van der Waals surface area contributed by atoms with E-state index in [9.17, 15) is 0 Å². The largest absolute Gasteiger partial charge is 0.367 e. The van der Waals surface area contributed by atoms with Crippen molar-refractivity contribution in [2.45, 2.75) is 0 Å². The Balaban J connectivity index is 2.48. The van der Waals surface area contributed by atoms with Gasteiger partial charge in [-0.25, -0.2) is 0 Å². The predicted molar refractivity (Wildman–Crippen MR) is 21.3 cm³/mol. The van der Waals surface area contributed by atoms with E-state index in [1.807, 2.05) is 0 Å². The van der Waals surface area contributed by atoms with Crippen LogP contribution in [0.1, 0.15) is 0 Å². The third-order valence-corrected chi connectivity index (χ3v) is 2.25. The van der Waals surface area contributed by atoms with Crippen LogP contribution in [0.15, 0.2) is 0 Å². The van der Waals surface area contributed by atoms with Gasteiger partial charge in [0.15, 0.2) is 0 Å². The van der Waals surface area contributed by atoms with Crippen molar-refractivity contribution < 1.29 is 0 Å². The van der Waals surface area contributed by atoms with Crippen LogP contribution in [0.3, 0.4) is 0 Å². The highest BCUT2D eigenvalue weighted by molar-refractivity contribution is 7.21. The zero-order valence-electron chi connectivity index (χ0n) is 2.50. The lowest BCUT2D eigenvalue weighted by molar-refractivity contribution is 3.01. The summed E-state index contributed by atoms with van der Waals surface area (Å²) in [4.78, 5) is 0. The van der Waals surface area contributed by atoms with Crippen LogP contribution < -0.4 is 0 Å². The van der Waals surface area contributed by atoms with Gasteiger partial charge in [0.1, 0.15) is 0 Å². The van der Waals surface area contributed by atoms with Crippen molar-refractivity contribution in [2.24, 2.45) is 0 Å². The Morgan fingerprint density at radius 3 is 1.20 bits per heavy atom. The van der Waals surface area contributed by atoms with Crippen molar-refractivity contribution in [1.82, 2.24) is 0 Å². The summed E-state index contributed by atoms with van der Waals surface area (Å²) in [6.07, 6.45) is 0. The molecule has 0 nitrogen and oxygen atoms in total. The Morgan fingerprint density at radius 2 is 1.20 bits per heavy atom. The van der Waals surface area contributed by atoms with Gasteiger partial charge in [-0.2, -0.15) is 0 Å². The topological polar surface area (TPSA) is 0 Å². The highest BCUT2D eigenvalue weighted by Crippen LogP contribution is 2.16. The Morgan fingerprint density at radius 1 is 0.800 bits per heavy atom. The quantitative estimate of drug-likeness (QED) is 0.273. The molecule has 0 amide bonds. The summed E-state index contributed by atoms with van der Waals surface area (Å²) in [6, 6.07) is 0. The maximum Gasteiger partial charge on any atom is 0.367 e. The number of hydrogen-bond acceptors (Lipinski definition) is 0. The summed E-state index contributed by atoms with van der Waals surface area (Å²) in [7, 11) is -1.11. The molecule has 2 aliphatic rings. The SMILES string of the molecule is C1#C[Si]12C#C2. The van der Waals surface area contributed by atoms with E-state index in [0.29, 0.717) is 0 Å². The van der Waals surface area contributed by atoms with Gasteiger partial charge in [0.25, 0.3) is 0 Å². The molecule has 0 saturated carbocycles. The van der Waals surface area contributed by atoms with Gasteiger partial charge in [0, 0.05) is 0 Å². The Kier molecular flexibility index (Phi) is 0.0709. The summed E-state index contributed by atoms with van der Waals surface area (Å²) < 4.78 is 0. The number of hydrogen-bond donors (Lipinski definition) is 0. The van der Waals surface area contributed by atoms with Crippen molar-refractivity contribution >= 4 is 8.07 Å². The van der Waals surface area contributed by atoms with Crippen LogP contribution in [0.5, 0.6) is 0 Å². The van der Waals surface area contributed by atoms with Crippen LogP contribution in [0.25, 0.3) is 0 Å². The molecule has 0 radical (unpaired) electrons. The second kappa shape index (κ2) is 0.209. The van der Waals surface area contributed by atoms with Crippen LogP contribution in [-0.4, -0.2) is 8.07 Å². The zero-order chi connectivity index (χ0) is 3.33. The van der Waals surface area contributed by atoms with Crippen LogP contribution in [0.2, 0.25) is 0 Å². The lowest BCUT2D eigenvalue weighted by Gasteiger charge is -1.57. The predicted octanol–water partition coefficient (Wildman–Crippen LogP) is -0.374. The van der Waals surface area contributed by atoms with Gasteiger partial charge in [-0.05, 0) is 0 Å². The fraction of sp³-hybridized carbons (Fsp3) is 0. The fourth-order valence-corrected chi connectivity index (χ4v) is 1.50. The average molecular weight is 76.1 g/mol. The van der Waals surface area contributed by atoms with E-state index in [-0.39, 0.29) is 0 Å². The first-order chi connectivity index (χ1) is 2.41. The fourth-order valence-electron chi connectivity index (χ4n) is 0.250. The van der Waals surface area contributed by atoms with E-state index in [1.54, 1.807) is 0 Å². The van der Waals surface area contributed by atoms with Gasteiger partial charge < -0.3 is 0 Å². The minimum Gasteiger partial charge on any atom is -0.0918 e. The Labute approximate surface area is 31.2 Å². The molecule has 0 aromatic rings. The van der Waals surface area contributed by atoms with Gasteiger partial charge in [0.05, 0.1) is 0 Å². The molecule has 0 saturated heterocycles. The highest BCUT2D eigenvalue weighted by atomic mass is 28.3. The first-order valence-electron chi connectivity index (χ1n) is 1.50. The first-order valence-corrected chi connectivity index (χ1v) is 3.50. The summed E-state index contributed by atoms with van der Waals surface area (Å²) in [6.45, 7) is 0. The van der Waals surface area contributed by atoms with E-state index in [0.717, 1.165) is 0 Å². The molecule has 5 heavy (non-hydrogen) atoms. The lowest BCUT2D eigenvalue weighted by atomic mass is 11.4. The molecule has 1 spiro atoms. The van der Waals surface area contributed by atoms with E-state index in [4.69, 9.17) is 0 Å². The maximum absolute atomic E-state index is 2.95. The molecule has 0 bridgehead atoms. The molecule has 2 aliphatic heterocycles. The Bertz CT molecular complexity index is 150. The molecule has 2 rings (SSSR count). The molecule has 0 aromatic heterocycles. The molecular weight excluding hydrogens is 76.1 g/mol. The standard InChI is InChI=1S/C4Si/c1-2-5(1)3-4-5. The second-order valence-electron chi connectivity index (χ2n) is 1.25. The third-order valence-electron chi connectivity index (χ3n) is 0.750. The van der Waals surface area contributed by atoms with E-state index >= 15 is 0 Å². The zero-order valence-corrected chi connectivity index (χ0v) is 3.50. The molecule has 1 heteroatoms. The van der Waals surface area contributed by atoms with E-state index in [1.165, 1.54) is 0 Å². The maximum atomic E-state index is 2.95. The second-order valence-corrected chi connectivity index (χ2v) is 3.75. The van der Waals surface area contributed by atoms with Crippen molar-refractivity contribution in [3.05, 3.63) is 0 Å². The third kappa shape index (κ3) is 0.0684. The Hall–Kier alpha value is -0.663. The van der Waals surface area contributed by atoms with Crippen LogP contribution in [-0.2, 0) is 0 Å². The summed E-state index contributed by atoms with van der Waals surface area (Å²) in [5, 5.41) is 0. The van der Waals surface area contributed by atoms with E-state index < -0.39 is 8.07 Å². The minimum atomic E-state index is -1.11. The molecule has 2 heterocycles. The smallest absolute Gasteiger partial charge is 0.0918 e. The number of rotatable bonds is 0. The highest BCUT2D eigenvalue weighted by Gasteiger charge is 2.43. The average Bonchev–Trinajstić information content (AvgIpc) is 2.17. The van der Waals surface area contributed by atoms with Crippen molar-refractivity contribution in [2.75, 3.05) is 0 Å². The molecule has 0 aromatic carbocycles. The van der Waals surface area contributed by atoms with Crippen molar-refractivity contribution in [1.29, 1.82) is 0 Å². The van der Waals surface area contributed by atoms with Gasteiger partial charge >= 0.3 is 8.07 Å². The van der Waals surface area contributed by atoms with Gasteiger partial charge in [0.2, 0.25) is 0 Å². The van der Waals surface area contributed by atoms with Gasteiger partial charge in [-0.1, -0.05) is 22.2 Å². The molecule has 0 atom stereocenters. The van der Waals surface area contributed by atoms with Crippen molar-refractivity contribution in [3.8, 4) is 22.2 Å². The minimum absolute atomic E-state index is 1.11. The van der Waals surface area contributed by atoms with Gasteiger partial charge in [-0.3, -0.25) is 0 Å². The lowest BCUT2D eigenvalue weighted by Crippen LogP contribution is -1.96. The van der Waals surface area contributed by atoms with Crippen LogP contribution in [0, 0.1) is 22.2 Å². The van der Waals surface area contributed by atoms with Crippen LogP contribution in [0.4, 0.5) is 0 Å². The molecule has 0 N–H and O–H groups in total. The first kappa shape index (κ1) is 1.70. The molecule has 0 fully saturated rings. The molecular formula is C4Si. The van der Waals surface area contributed by atoms with Crippen LogP contribution >= 0.6 is 0 Å². The summed E-state index contributed by atoms with van der Waals surface area (Å²) >= 11 is 0. The summed E-state index contributed by atoms with van der Waals surface area (Å²) in [5.41, 5.74) is 11.8. The molecule has 0 aliphatic carbocycles. The molecule has 20 valence electrons. The van der Waals surface area contributed by atoms with Crippen molar-refractivity contribution in [3.63, 3.8) is 0 Å². The monoisotopic (exact) mass is 76.0 g/mol. The molecule has 0 unspecified atom stereocenters. The summed E-state index contributed by atoms with van der Waals surface area (Å²) in [5.74, 6) is 0.